The van der Waals surface area contributed by atoms with Crippen molar-refractivity contribution in [2.24, 2.45) is 5.41 Å². The van der Waals surface area contributed by atoms with Crippen LogP contribution in [0, 0.1) is 5.41 Å². The molecule has 1 aliphatic rings. The first kappa shape index (κ1) is 28.1. The Hall–Kier alpha value is -1.97. The molecule has 1 saturated heterocycles. The lowest BCUT2D eigenvalue weighted by atomic mass is 9.87. The Bertz CT molecular complexity index is 616. The van der Waals surface area contributed by atoms with E-state index in [-0.39, 0.29) is 24.3 Å². The summed E-state index contributed by atoms with van der Waals surface area (Å²) in [5, 5.41) is 0. The predicted molar refractivity (Wildman–Crippen MR) is 122 cm³/mol. The summed E-state index contributed by atoms with van der Waals surface area (Å²) in [6.07, 6.45) is 0.695. The standard InChI is InChI=1S/C23H41N3O6/c1-18(30-5)16-24-10-11-25(17-21(28)31-6)13-15-26(14-12-24)19(22(29)32-7)8-9-20(27)23(2,3)4/h19H,1,8-17H2,2-7H3. The van der Waals surface area contributed by atoms with Gasteiger partial charge in [0.2, 0.25) is 0 Å². The maximum Gasteiger partial charge on any atom is 0.323 e. The number of carbonyl (C=O) groups is 3. The van der Waals surface area contributed by atoms with E-state index >= 15 is 0 Å². The highest BCUT2D eigenvalue weighted by molar-refractivity contribution is 5.84. The number of hydrogen-bond donors (Lipinski definition) is 0. The molecule has 0 aromatic heterocycles. The highest BCUT2D eigenvalue weighted by Gasteiger charge is 2.31. The maximum atomic E-state index is 12.7. The lowest BCUT2D eigenvalue weighted by molar-refractivity contribution is -0.148. The van der Waals surface area contributed by atoms with Gasteiger partial charge in [-0.15, -0.1) is 0 Å². The van der Waals surface area contributed by atoms with Crippen molar-refractivity contribution in [3.63, 3.8) is 0 Å². The molecule has 0 spiro atoms. The highest BCUT2D eigenvalue weighted by atomic mass is 16.5. The van der Waals surface area contributed by atoms with Crippen LogP contribution in [0.15, 0.2) is 12.3 Å². The number of rotatable bonds is 10. The third-order valence-electron chi connectivity index (χ3n) is 5.80. The highest BCUT2D eigenvalue weighted by Crippen LogP contribution is 2.20. The van der Waals surface area contributed by atoms with E-state index in [1.807, 2.05) is 25.7 Å². The average Bonchev–Trinajstić information content (AvgIpc) is 2.84. The van der Waals surface area contributed by atoms with Crippen LogP contribution in [0.25, 0.3) is 0 Å². The summed E-state index contributed by atoms with van der Waals surface area (Å²) in [6, 6.07) is -0.531. The van der Waals surface area contributed by atoms with Crippen LogP contribution in [-0.4, -0.2) is 112 Å². The van der Waals surface area contributed by atoms with E-state index in [0.717, 1.165) is 6.54 Å². The lowest BCUT2D eigenvalue weighted by Crippen LogP contribution is -2.47. The summed E-state index contributed by atoms with van der Waals surface area (Å²) in [5.74, 6) is 0.110. The molecule has 1 aliphatic heterocycles. The topological polar surface area (TPSA) is 88.6 Å². The Morgan fingerprint density at radius 1 is 0.844 bits per heavy atom. The first-order valence-corrected chi connectivity index (χ1v) is 11.1. The van der Waals surface area contributed by atoms with Gasteiger partial charge in [0.25, 0.3) is 0 Å². The second kappa shape index (κ2) is 13.5. The third kappa shape index (κ3) is 9.67. The van der Waals surface area contributed by atoms with Gasteiger partial charge in [-0.2, -0.15) is 0 Å². The molecule has 0 amide bonds. The summed E-state index contributed by atoms with van der Waals surface area (Å²) in [5.41, 5.74) is -0.455. The van der Waals surface area contributed by atoms with Gasteiger partial charge in [-0.05, 0) is 6.42 Å². The van der Waals surface area contributed by atoms with E-state index in [9.17, 15) is 14.4 Å². The zero-order valence-electron chi connectivity index (χ0n) is 20.6. The van der Waals surface area contributed by atoms with Crippen molar-refractivity contribution >= 4 is 17.7 Å². The van der Waals surface area contributed by atoms with E-state index < -0.39 is 11.5 Å². The first-order chi connectivity index (χ1) is 15.0. The molecular formula is C23H41N3O6. The lowest BCUT2D eigenvalue weighted by Gasteiger charge is -2.32. The van der Waals surface area contributed by atoms with Crippen LogP contribution < -0.4 is 0 Å². The molecule has 0 aliphatic carbocycles. The maximum absolute atomic E-state index is 12.7. The Labute approximate surface area is 192 Å². The number of Topliss-reactive ketones (excluding diaryl/α,β-unsaturated/α-hetero) is 1. The molecule has 9 heteroatoms. The number of nitrogens with zero attached hydrogens (tertiary/aromatic N) is 3. The SMILES string of the molecule is C=C(CN1CCN(CC(=O)OC)CCN(C(CCC(=O)C(C)(C)C)C(=O)OC)CC1)OC. The predicted octanol–water partition coefficient (Wildman–Crippen LogP) is 1.18. The fraction of sp³-hybridized carbons (Fsp3) is 0.783. The van der Waals surface area contributed by atoms with Crippen LogP contribution in [-0.2, 0) is 28.6 Å². The number of esters is 2. The van der Waals surface area contributed by atoms with Crippen LogP contribution in [0.2, 0.25) is 0 Å². The van der Waals surface area contributed by atoms with Crippen LogP contribution >= 0.6 is 0 Å². The van der Waals surface area contributed by atoms with Crippen molar-refractivity contribution in [2.75, 3.05) is 73.7 Å². The van der Waals surface area contributed by atoms with Crippen LogP contribution in [0.4, 0.5) is 0 Å². The number of hydrogen-bond acceptors (Lipinski definition) is 9. The number of ether oxygens (including phenoxy) is 3. The Morgan fingerprint density at radius 3 is 1.84 bits per heavy atom. The van der Waals surface area contributed by atoms with Gasteiger partial charge in [0.1, 0.15) is 17.6 Å². The molecule has 1 fully saturated rings. The second-order valence-corrected chi connectivity index (χ2v) is 9.16. The Morgan fingerprint density at radius 2 is 1.38 bits per heavy atom. The third-order valence-corrected chi connectivity index (χ3v) is 5.80. The molecule has 0 aromatic carbocycles. The van der Waals surface area contributed by atoms with Crippen LogP contribution in [0.1, 0.15) is 33.6 Å². The van der Waals surface area contributed by atoms with Crippen molar-refractivity contribution in [1.29, 1.82) is 0 Å². The molecule has 0 N–H and O–H groups in total. The smallest absolute Gasteiger partial charge is 0.323 e. The van der Waals surface area contributed by atoms with E-state index in [1.54, 1.807) is 7.11 Å². The summed E-state index contributed by atoms with van der Waals surface area (Å²) < 4.78 is 15.2. The molecule has 1 heterocycles. The molecule has 0 aromatic rings. The largest absolute Gasteiger partial charge is 0.500 e. The zero-order valence-corrected chi connectivity index (χ0v) is 20.6. The molecular weight excluding hydrogens is 414 g/mol. The fourth-order valence-corrected chi connectivity index (χ4v) is 3.58. The minimum atomic E-state index is -0.531. The van der Waals surface area contributed by atoms with Gasteiger partial charge in [-0.3, -0.25) is 29.1 Å². The summed E-state index contributed by atoms with van der Waals surface area (Å²) in [7, 11) is 4.34. The van der Waals surface area contributed by atoms with Crippen molar-refractivity contribution in [2.45, 2.75) is 39.7 Å². The molecule has 0 radical (unpaired) electrons. The van der Waals surface area contributed by atoms with Gasteiger partial charge >= 0.3 is 11.9 Å². The van der Waals surface area contributed by atoms with Gasteiger partial charge in [-0.25, -0.2) is 0 Å². The van der Waals surface area contributed by atoms with Crippen molar-refractivity contribution in [1.82, 2.24) is 14.7 Å². The monoisotopic (exact) mass is 455 g/mol. The minimum absolute atomic E-state index is 0.112. The molecule has 1 atom stereocenters. The molecule has 0 bridgehead atoms. The Balaban J connectivity index is 3.03. The van der Waals surface area contributed by atoms with Gasteiger partial charge in [0.05, 0.1) is 34.4 Å². The van der Waals surface area contributed by atoms with Crippen LogP contribution in [0.3, 0.4) is 0 Å². The quantitative estimate of drug-likeness (QED) is 0.356. The molecule has 1 unspecified atom stereocenters. The van der Waals surface area contributed by atoms with Crippen molar-refractivity contribution in [3.05, 3.63) is 12.3 Å². The molecule has 184 valence electrons. The normalized spacial score (nSPS) is 18.1. The van der Waals surface area contributed by atoms with Gasteiger partial charge in [0.15, 0.2) is 0 Å². The van der Waals surface area contributed by atoms with Crippen molar-refractivity contribution < 1.29 is 28.6 Å². The van der Waals surface area contributed by atoms with Gasteiger partial charge in [0, 0.05) is 51.1 Å². The molecule has 1 rings (SSSR count). The summed E-state index contributed by atoms with van der Waals surface area (Å²) in [4.78, 5) is 43.3. The van der Waals surface area contributed by atoms with Gasteiger partial charge in [-0.1, -0.05) is 27.4 Å². The number of methoxy groups -OCH3 is 3. The van der Waals surface area contributed by atoms with Crippen molar-refractivity contribution in [3.8, 4) is 0 Å². The second-order valence-electron chi connectivity index (χ2n) is 9.16. The molecule has 9 nitrogen and oxygen atoms in total. The Kier molecular flexibility index (Phi) is 11.9. The van der Waals surface area contributed by atoms with E-state index in [2.05, 4.69) is 16.4 Å². The minimum Gasteiger partial charge on any atom is -0.500 e. The van der Waals surface area contributed by atoms with Gasteiger partial charge < -0.3 is 14.2 Å². The number of ketones is 1. The molecule has 32 heavy (non-hydrogen) atoms. The van der Waals surface area contributed by atoms with E-state index in [0.29, 0.717) is 57.9 Å². The fourth-order valence-electron chi connectivity index (χ4n) is 3.58. The summed E-state index contributed by atoms with van der Waals surface area (Å²) in [6.45, 7) is 14.2. The first-order valence-electron chi connectivity index (χ1n) is 11.1. The molecule has 0 saturated carbocycles. The van der Waals surface area contributed by atoms with Crippen LogP contribution in [0.5, 0.6) is 0 Å². The zero-order chi connectivity index (χ0) is 24.3. The number of carbonyl (C=O) groups excluding carboxylic acids is 3. The average molecular weight is 456 g/mol. The van der Waals surface area contributed by atoms with E-state index in [4.69, 9.17) is 14.2 Å². The van der Waals surface area contributed by atoms with E-state index in [1.165, 1.54) is 14.2 Å². The summed E-state index contributed by atoms with van der Waals surface area (Å²) >= 11 is 0.